The third kappa shape index (κ3) is 5.44. The van der Waals surface area contributed by atoms with E-state index in [9.17, 15) is 0 Å². The average molecular weight is 753 g/mol. The number of benzene rings is 9. The van der Waals surface area contributed by atoms with Gasteiger partial charge < -0.3 is 13.7 Å². The highest BCUT2D eigenvalue weighted by Crippen LogP contribution is 2.44. The number of aromatic nitrogens is 1. The lowest BCUT2D eigenvalue weighted by molar-refractivity contribution is 0.669. The van der Waals surface area contributed by atoms with E-state index in [-0.39, 0.29) is 0 Å². The first kappa shape index (κ1) is 33.3. The Morgan fingerprint density at radius 1 is 0.373 bits per heavy atom. The molecule has 3 heteroatoms. The number of anilines is 3. The minimum Gasteiger partial charge on any atom is -0.456 e. The maximum absolute atomic E-state index is 6.39. The highest BCUT2D eigenvalue weighted by molar-refractivity contribution is 6.13. The topological polar surface area (TPSA) is 20.8 Å². The zero-order valence-electron chi connectivity index (χ0n) is 32.1. The van der Waals surface area contributed by atoms with Crippen molar-refractivity contribution in [3.05, 3.63) is 219 Å². The molecule has 0 N–H and O–H groups in total. The summed E-state index contributed by atoms with van der Waals surface area (Å²) < 4.78 is 8.74. The number of fused-ring (bicyclic) bond motifs is 8. The number of rotatable bonds is 6. The van der Waals surface area contributed by atoms with Gasteiger partial charge in [0.05, 0.1) is 22.1 Å². The van der Waals surface area contributed by atoms with Crippen molar-refractivity contribution in [2.45, 2.75) is 0 Å². The first-order valence-corrected chi connectivity index (χ1v) is 20.2. The van der Waals surface area contributed by atoms with Gasteiger partial charge in [-0.05, 0) is 110 Å². The summed E-state index contributed by atoms with van der Waals surface area (Å²) >= 11 is 0. The lowest BCUT2D eigenvalue weighted by Gasteiger charge is -2.26. The molecule has 0 spiro atoms. The fraction of sp³-hybridized carbons (Fsp3) is 0. The van der Waals surface area contributed by atoms with Crippen molar-refractivity contribution in [3.8, 4) is 33.4 Å². The van der Waals surface area contributed by atoms with Gasteiger partial charge in [-0.2, -0.15) is 0 Å². The molecule has 3 nitrogen and oxygen atoms in total. The number of pyridine rings is 1. The molecule has 0 radical (unpaired) electrons. The summed E-state index contributed by atoms with van der Waals surface area (Å²) in [6, 6.07) is 76.4. The quantitative estimate of drug-likeness (QED) is 0.169. The fourth-order valence-corrected chi connectivity index (χ4v) is 9.20. The Morgan fingerprint density at radius 2 is 1.02 bits per heavy atom. The van der Waals surface area contributed by atoms with Gasteiger partial charge in [0.2, 0.25) is 0 Å². The third-order valence-electron chi connectivity index (χ3n) is 12.0. The van der Waals surface area contributed by atoms with Crippen molar-refractivity contribution in [1.29, 1.82) is 0 Å². The minimum absolute atomic E-state index is 0.870. The molecule has 0 aliphatic carbocycles. The van der Waals surface area contributed by atoms with Crippen LogP contribution in [0.1, 0.15) is 0 Å². The van der Waals surface area contributed by atoms with E-state index in [2.05, 4.69) is 216 Å². The second-order valence-electron chi connectivity index (χ2n) is 15.3. The van der Waals surface area contributed by atoms with E-state index in [0.29, 0.717) is 0 Å². The highest BCUT2D eigenvalue weighted by atomic mass is 16.3. The monoisotopic (exact) mass is 752 g/mol. The third-order valence-corrected chi connectivity index (χ3v) is 12.0. The van der Waals surface area contributed by atoms with Crippen LogP contribution in [0.4, 0.5) is 17.1 Å². The Kier molecular flexibility index (Phi) is 7.54. The van der Waals surface area contributed by atoms with Crippen molar-refractivity contribution in [2.24, 2.45) is 0 Å². The minimum atomic E-state index is 0.870. The summed E-state index contributed by atoms with van der Waals surface area (Å²) in [5.74, 6) is 0. The van der Waals surface area contributed by atoms with E-state index < -0.39 is 0 Å². The van der Waals surface area contributed by atoms with Gasteiger partial charge in [0.25, 0.3) is 0 Å². The van der Waals surface area contributed by atoms with Gasteiger partial charge in [-0.3, -0.25) is 0 Å². The number of para-hydroxylation sites is 2. The van der Waals surface area contributed by atoms with Crippen LogP contribution in [0, 0.1) is 0 Å². The van der Waals surface area contributed by atoms with Crippen molar-refractivity contribution in [1.82, 2.24) is 4.40 Å². The lowest BCUT2D eigenvalue weighted by atomic mass is 9.98. The van der Waals surface area contributed by atoms with Crippen LogP contribution in [0.3, 0.4) is 0 Å². The van der Waals surface area contributed by atoms with E-state index in [1.54, 1.807) is 0 Å². The Morgan fingerprint density at radius 3 is 1.85 bits per heavy atom. The molecule has 3 heterocycles. The van der Waals surface area contributed by atoms with Crippen LogP contribution < -0.4 is 4.90 Å². The molecule has 276 valence electrons. The predicted octanol–water partition coefficient (Wildman–Crippen LogP) is 15.8. The molecule has 3 aromatic heterocycles. The molecule has 0 unspecified atom stereocenters. The molecule has 59 heavy (non-hydrogen) atoms. The van der Waals surface area contributed by atoms with Gasteiger partial charge in [0.1, 0.15) is 11.2 Å². The normalized spacial score (nSPS) is 11.7. The molecule has 0 amide bonds. The molecule has 0 bridgehead atoms. The van der Waals surface area contributed by atoms with Crippen LogP contribution >= 0.6 is 0 Å². The molecule has 0 saturated carbocycles. The Labute approximate surface area is 341 Å². The number of hydrogen-bond donors (Lipinski definition) is 0. The van der Waals surface area contributed by atoms with E-state index >= 15 is 0 Å². The second kappa shape index (κ2) is 13.4. The molecular formula is C56H36N2O. The second-order valence-corrected chi connectivity index (χ2v) is 15.3. The van der Waals surface area contributed by atoms with Gasteiger partial charge in [0, 0.05) is 33.9 Å². The molecule has 0 aliphatic rings. The largest absolute Gasteiger partial charge is 0.456 e. The number of hydrogen-bond acceptors (Lipinski definition) is 2. The summed E-state index contributed by atoms with van der Waals surface area (Å²) in [6.45, 7) is 0. The molecule has 0 aliphatic heterocycles. The Hall–Kier alpha value is -7.88. The smallest absolute Gasteiger partial charge is 0.137 e. The van der Waals surface area contributed by atoms with Gasteiger partial charge in [0.15, 0.2) is 0 Å². The number of nitrogens with zero attached hydrogens (tertiary/aromatic N) is 2. The Bertz CT molecular complexity index is 3540. The van der Waals surface area contributed by atoms with Gasteiger partial charge in [-0.1, -0.05) is 152 Å². The highest BCUT2D eigenvalue weighted by Gasteiger charge is 2.20. The van der Waals surface area contributed by atoms with Crippen LogP contribution in [-0.2, 0) is 0 Å². The summed E-state index contributed by atoms with van der Waals surface area (Å²) in [7, 11) is 0. The zero-order chi connectivity index (χ0) is 38.9. The van der Waals surface area contributed by atoms with Crippen molar-refractivity contribution in [3.63, 3.8) is 0 Å². The van der Waals surface area contributed by atoms with Crippen molar-refractivity contribution >= 4 is 77.0 Å². The summed E-state index contributed by atoms with van der Waals surface area (Å²) in [6.07, 6.45) is 2.29. The van der Waals surface area contributed by atoms with E-state index in [0.717, 1.165) is 44.6 Å². The predicted molar refractivity (Wildman–Crippen MR) is 248 cm³/mol. The van der Waals surface area contributed by atoms with E-state index in [4.69, 9.17) is 4.42 Å². The van der Waals surface area contributed by atoms with Crippen LogP contribution in [0.15, 0.2) is 223 Å². The van der Waals surface area contributed by atoms with Crippen LogP contribution in [0.25, 0.3) is 93.3 Å². The first-order chi connectivity index (χ1) is 29.2. The summed E-state index contributed by atoms with van der Waals surface area (Å²) in [5, 5.41) is 8.37. The van der Waals surface area contributed by atoms with Crippen LogP contribution in [0.5, 0.6) is 0 Å². The summed E-state index contributed by atoms with van der Waals surface area (Å²) in [5.41, 5.74) is 14.6. The van der Waals surface area contributed by atoms with Gasteiger partial charge >= 0.3 is 0 Å². The SMILES string of the molecule is c1ccc(-c2c3ccccc3n3cc4ccc(-c5ccc(N(c6ccc(-c7cccc8ccccc78)cc6)c6cccc7oc8ccccc8c67)cc5)cc4cc23)cc1. The van der Waals surface area contributed by atoms with Gasteiger partial charge in [-0.25, -0.2) is 0 Å². The molecule has 12 aromatic rings. The zero-order valence-corrected chi connectivity index (χ0v) is 32.1. The fourth-order valence-electron chi connectivity index (χ4n) is 9.20. The summed E-state index contributed by atoms with van der Waals surface area (Å²) in [4.78, 5) is 2.36. The van der Waals surface area contributed by atoms with Crippen LogP contribution in [0.2, 0.25) is 0 Å². The van der Waals surface area contributed by atoms with Crippen LogP contribution in [-0.4, -0.2) is 4.40 Å². The molecule has 0 atom stereocenters. The number of furan rings is 1. The molecule has 9 aromatic carbocycles. The molecule has 12 rings (SSSR count). The molecule has 0 fully saturated rings. The van der Waals surface area contributed by atoms with Crippen molar-refractivity contribution < 1.29 is 4.42 Å². The van der Waals surface area contributed by atoms with Crippen molar-refractivity contribution in [2.75, 3.05) is 4.90 Å². The first-order valence-electron chi connectivity index (χ1n) is 20.2. The average Bonchev–Trinajstić information content (AvgIpc) is 3.84. The van der Waals surface area contributed by atoms with E-state index in [1.165, 1.54) is 65.8 Å². The standard InChI is InChI=1S/C56H36N2O/c1-2-13-40(14-3-1)55-48-17-6-8-20-50(48)57-36-42-25-24-41(34-43(42)35-52(55)57)37-26-30-44(31-27-37)58(51-21-11-23-54-56(51)49-18-7-9-22-53(49)59-54)45-32-28-39(29-33-45)47-19-10-15-38-12-4-5-16-46(38)47/h1-36H. The lowest BCUT2D eigenvalue weighted by Crippen LogP contribution is -2.10. The molecule has 0 saturated heterocycles. The maximum atomic E-state index is 6.39. The Balaban J connectivity index is 0.976. The van der Waals surface area contributed by atoms with E-state index in [1.807, 2.05) is 12.1 Å². The molecular weight excluding hydrogens is 717 g/mol. The van der Waals surface area contributed by atoms with Gasteiger partial charge in [-0.15, -0.1) is 0 Å². The maximum Gasteiger partial charge on any atom is 0.137 e.